The van der Waals surface area contributed by atoms with Crippen molar-refractivity contribution in [3.63, 3.8) is 0 Å². The lowest BCUT2D eigenvalue weighted by Gasteiger charge is -2.27. The van der Waals surface area contributed by atoms with E-state index in [1.807, 2.05) is 54.6 Å². The monoisotopic (exact) mass is 345 g/mol. The fourth-order valence-electron chi connectivity index (χ4n) is 2.94. The summed E-state index contributed by atoms with van der Waals surface area (Å²) < 4.78 is 0. The first-order chi connectivity index (χ1) is 11.2. The van der Waals surface area contributed by atoms with Gasteiger partial charge in [-0.15, -0.1) is 12.4 Å². The highest BCUT2D eigenvalue weighted by molar-refractivity contribution is 5.92. The summed E-state index contributed by atoms with van der Waals surface area (Å²) in [6.45, 7) is 3.04. The predicted molar refractivity (Wildman–Crippen MR) is 102 cm³/mol. The zero-order valence-electron chi connectivity index (χ0n) is 13.8. The van der Waals surface area contributed by atoms with Gasteiger partial charge in [0.1, 0.15) is 0 Å². The second-order valence-corrected chi connectivity index (χ2v) is 6.13. The molecular formula is C19H24ClN3O. The second-order valence-electron chi connectivity index (χ2n) is 6.13. The fourth-order valence-corrected chi connectivity index (χ4v) is 2.94. The Morgan fingerprint density at radius 2 is 1.62 bits per heavy atom. The van der Waals surface area contributed by atoms with Crippen LogP contribution in [0.4, 0.5) is 17.1 Å². The van der Waals surface area contributed by atoms with Crippen molar-refractivity contribution >= 4 is 35.4 Å². The third kappa shape index (κ3) is 4.98. The number of hydrogen-bond acceptors (Lipinski definition) is 3. The third-order valence-electron chi connectivity index (χ3n) is 4.21. The average molecular weight is 346 g/mol. The van der Waals surface area contributed by atoms with Crippen LogP contribution in [0.5, 0.6) is 0 Å². The van der Waals surface area contributed by atoms with Crippen molar-refractivity contribution in [1.82, 2.24) is 5.32 Å². The first-order valence-electron chi connectivity index (χ1n) is 8.17. The van der Waals surface area contributed by atoms with Gasteiger partial charge in [-0.1, -0.05) is 18.2 Å². The summed E-state index contributed by atoms with van der Waals surface area (Å²) in [5.74, 6) is 0.232. The molecule has 2 aromatic rings. The molecule has 24 heavy (non-hydrogen) atoms. The van der Waals surface area contributed by atoms with Gasteiger partial charge in [-0.05, 0) is 62.7 Å². The molecule has 3 N–H and O–H groups in total. The summed E-state index contributed by atoms with van der Waals surface area (Å²) in [6.07, 6.45) is 1.81. The van der Waals surface area contributed by atoms with E-state index in [1.54, 1.807) is 0 Å². The van der Waals surface area contributed by atoms with Crippen molar-refractivity contribution in [2.45, 2.75) is 25.8 Å². The molecule has 1 aliphatic heterocycles. The van der Waals surface area contributed by atoms with E-state index in [2.05, 4.69) is 22.9 Å². The second kappa shape index (κ2) is 8.71. The van der Waals surface area contributed by atoms with E-state index < -0.39 is 0 Å². The molecule has 3 rings (SSSR count). The summed E-state index contributed by atoms with van der Waals surface area (Å²) in [4.78, 5) is 12.3. The molecule has 0 unspecified atom stereocenters. The zero-order chi connectivity index (χ0) is 16.1. The number of piperidine rings is 1. The molecule has 128 valence electrons. The first kappa shape index (κ1) is 18.3. The van der Waals surface area contributed by atoms with Gasteiger partial charge in [0, 0.05) is 29.0 Å². The Balaban J connectivity index is 0.00000208. The van der Waals surface area contributed by atoms with Crippen molar-refractivity contribution < 1.29 is 4.79 Å². The van der Waals surface area contributed by atoms with E-state index in [9.17, 15) is 4.79 Å². The molecule has 1 saturated heterocycles. The molecule has 2 aromatic carbocycles. The predicted octanol–water partition coefficient (Wildman–Crippen LogP) is 4.18. The number of hydrogen-bond donors (Lipinski definition) is 3. The van der Waals surface area contributed by atoms with Crippen molar-refractivity contribution in [3.05, 3.63) is 54.6 Å². The number of rotatable bonds is 4. The van der Waals surface area contributed by atoms with Gasteiger partial charge < -0.3 is 16.0 Å². The lowest BCUT2D eigenvalue weighted by Crippen LogP contribution is -2.40. The van der Waals surface area contributed by atoms with Crippen LogP contribution in [0, 0.1) is 5.92 Å². The quantitative estimate of drug-likeness (QED) is 0.779. The highest BCUT2D eigenvalue weighted by Gasteiger charge is 2.24. The zero-order valence-corrected chi connectivity index (χ0v) is 14.6. The number of carbonyl (C=O) groups excluding carboxylic acids is 1. The van der Waals surface area contributed by atoms with Crippen LogP contribution in [0.15, 0.2) is 54.6 Å². The van der Waals surface area contributed by atoms with Crippen molar-refractivity contribution in [1.29, 1.82) is 0 Å². The Hall–Kier alpha value is -2.04. The van der Waals surface area contributed by atoms with Gasteiger partial charge in [-0.25, -0.2) is 0 Å². The summed E-state index contributed by atoms with van der Waals surface area (Å²) >= 11 is 0. The molecule has 0 aliphatic carbocycles. The van der Waals surface area contributed by atoms with Gasteiger partial charge in [0.25, 0.3) is 0 Å². The molecule has 1 amide bonds. The Labute approximate surface area is 149 Å². The van der Waals surface area contributed by atoms with Crippen LogP contribution < -0.4 is 16.0 Å². The Kier molecular flexibility index (Phi) is 6.64. The molecule has 4 nitrogen and oxygen atoms in total. The van der Waals surface area contributed by atoms with Crippen LogP contribution in [0.25, 0.3) is 0 Å². The Morgan fingerprint density at radius 3 is 2.29 bits per heavy atom. The standard InChI is InChI=1S/C19H23N3O.ClH/c1-14-13-15(11-12-20-14)19(23)22-18-9-7-17(8-10-18)21-16-5-3-2-4-6-16;/h2-10,14-15,20-21H,11-13H2,1H3,(H,22,23);1H/t14-,15-;/m0./s1. The van der Waals surface area contributed by atoms with Gasteiger partial charge in [0.15, 0.2) is 0 Å². The highest BCUT2D eigenvalue weighted by atomic mass is 35.5. The van der Waals surface area contributed by atoms with Crippen LogP contribution in [0.3, 0.4) is 0 Å². The van der Waals surface area contributed by atoms with Gasteiger partial charge in [0.05, 0.1) is 0 Å². The maximum atomic E-state index is 12.3. The molecule has 0 radical (unpaired) electrons. The van der Waals surface area contributed by atoms with E-state index in [-0.39, 0.29) is 24.2 Å². The Bertz CT molecular complexity index is 645. The minimum absolute atomic E-state index is 0. The lowest BCUT2D eigenvalue weighted by atomic mass is 9.92. The minimum Gasteiger partial charge on any atom is -0.356 e. The molecule has 2 atom stereocenters. The highest BCUT2D eigenvalue weighted by Crippen LogP contribution is 2.21. The summed E-state index contributed by atoms with van der Waals surface area (Å²) in [5.41, 5.74) is 2.90. The van der Waals surface area contributed by atoms with E-state index in [0.717, 1.165) is 36.4 Å². The largest absolute Gasteiger partial charge is 0.356 e. The Morgan fingerprint density at radius 1 is 1.00 bits per heavy atom. The van der Waals surface area contributed by atoms with Gasteiger partial charge in [-0.3, -0.25) is 4.79 Å². The number of carbonyl (C=O) groups is 1. The minimum atomic E-state index is 0. The number of nitrogens with one attached hydrogen (secondary N) is 3. The van der Waals surface area contributed by atoms with Crippen LogP contribution in [-0.4, -0.2) is 18.5 Å². The van der Waals surface area contributed by atoms with Crippen LogP contribution >= 0.6 is 12.4 Å². The summed E-state index contributed by atoms with van der Waals surface area (Å²) in [7, 11) is 0. The number of para-hydroxylation sites is 1. The molecule has 1 fully saturated rings. The maximum absolute atomic E-state index is 12.3. The van der Waals surface area contributed by atoms with Gasteiger partial charge >= 0.3 is 0 Å². The topological polar surface area (TPSA) is 53.2 Å². The van der Waals surface area contributed by atoms with Crippen LogP contribution in [0.1, 0.15) is 19.8 Å². The van der Waals surface area contributed by atoms with E-state index >= 15 is 0 Å². The number of halogens is 1. The van der Waals surface area contributed by atoms with Gasteiger partial charge in [0.2, 0.25) is 5.91 Å². The first-order valence-corrected chi connectivity index (χ1v) is 8.17. The van der Waals surface area contributed by atoms with E-state index in [4.69, 9.17) is 0 Å². The molecule has 0 bridgehead atoms. The van der Waals surface area contributed by atoms with Gasteiger partial charge in [-0.2, -0.15) is 0 Å². The van der Waals surface area contributed by atoms with Crippen molar-refractivity contribution in [3.8, 4) is 0 Å². The van der Waals surface area contributed by atoms with Crippen LogP contribution in [0.2, 0.25) is 0 Å². The summed E-state index contributed by atoms with van der Waals surface area (Å²) in [6, 6.07) is 18.3. The molecule has 1 aliphatic rings. The molecule has 1 heterocycles. The van der Waals surface area contributed by atoms with Crippen molar-refractivity contribution in [2.24, 2.45) is 5.92 Å². The maximum Gasteiger partial charge on any atom is 0.227 e. The normalized spacial score (nSPS) is 19.9. The fraction of sp³-hybridized carbons (Fsp3) is 0.316. The molecule has 5 heteroatoms. The van der Waals surface area contributed by atoms with Crippen molar-refractivity contribution in [2.75, 3.05) is 17.2 Å². The molecule has 0 spiro atoms. The van der Waals surface area contributed by atoms with E-state index in [1.165, 1.54) is 0 Å². The summed E-state index contributed by atoms with van der Waals surface area (Å²) in [5, 5.41) is 9.73. The number of anilines is 3. The average Bonchev–Trinajstić information content (AvgIpc) is 2.57. The molecule has 0 saturated carbocycles. The van der Waals surface area contributed by atoms with Crippen LogP contribution in [-0.2, 0) is 4.79 Å². The molecule has 0 aromatic heterocycles. The molecular weight excluding hydrogens is 322 g/mol. The number of benzene rings is 2. The van der Waals surface area contributed by atoms with E-state index in [0.29, 0.717) is 6.04 Å². The SMILES string of the molecule is C[C@H]1C[C@@H](C(=O)Nc2ccc(Nc3ccccc3)cc2)CCN1.Cl. The third-order valence-corrected chi connectivity index (χ3v) is 4.21. The lowest BCUT2D eigenvalue weighted by molar-refractivity contribution is -0.120. The number of amides is 1. The smallest absolute Gasteiger partial charge is 0.227 e.